The van der Waals surface area contributed by atoms with E-state index in [1.807, 2.05) is 0 Å². The molecule has 0 atom stereocenters. The quantitative estimate of drug-likeness (QED) is 0.543. The molecule has 1 saturated heterocycles. The van der Waals surface area contributed by atoms with Gasteiger partial charge in [0.2, 0.25) is 5.91 Å². The van der Waals surface area contributed by atoms with E-state index < -0.39 is 5.97 Å². The summed E-state index contributed by atoms with van der Waals surface area (Å²) in [6.45, 7) is 2.82. The number of carbonyl (C=O) groups excluding carboxylic acids is 1. The lowest BCUT2D eigenvalue weighted by Crippen LogP contribution is -2.45. The van der Waals surface area contributed by atoms with Gasteiger partial charge in [0.1, 0.15) is 0 Å². The molecule has 1 aliphatic heterocycles. The summed E-state index contributed by atoms with van der Waals surface area (Å²) in [4.78, 5) is 23.0. The highest BCUT2D eigenvalue weighted by Crippen LogP contribution is 1.94. The SMILES string of the molecule is O=C(O)C=CC(=O)N1CCNCC1. The number of carboxylic acids is 1. The van der Waals surface area contributed by atoms with Crippen molar-refractivity contribution in [3.05, 3.63) is 12.2 Å². The zero-order valence-corrected chi connectivity index (χ0v) is 7.19. The largest absolute Gasteiger partial charge is 0.478 e. The summed E-state index contributed by atoms with van der Waals surface area (Å²) in [5, 5.41) is 11.4. The standard InChI is InChI=1S/C8H12N2O3/c11-7(1-2-8(12)13)10-5-3-9-4-6-10/h1-2,9H,3-6H2,(H,12,13). The number of piperazine rings is 1. The lowest BCUT2D eigenvalue weighted by Gasteiger charge is -2.26. The molecule has 2 N–H and O–H groups in total. The van der Waals surface area contributed by atoms with Crippen LogP contribution in [0.5, 0.6) is 0 Å². The van der Waals surface area contributed by atoms with Crippen LogP contribution in [-0.4, -0.2) is 48.1 Å². The molecule has 0 aliphatic carbocycles. The Morgan fingerprint density at radius 3 is 2.38 bits per heavy atom. The van der Waals surface area contributed by atoms with E-state index in [0.29, 0.717) is 13.1 Å². The predicted molar refractivity (Wildman–Crippen MR) is 46.2 cm³/mol. The molecular weight excluding hydrogens is 172 g/mol. The molecule has 0 radical (unpaired) electrons. The molecule has 0 aromatic rings. The summed E-state index contributed by atoms with van der Waals surface area (Å²) in [5.41, 5.74) is 0. The Labute approximate surface area is 76.0 Å². The van der Waals surface area contributed by atoms with Crippen LogP contribution in [0.1, 0.15) is 0 Å². The van der Waals surface area contributed by atoms with Crippen molar-refractivity contribution < 1.29 is 14.7 Å². The monoisotopic (exact) mass is 184 g/mol. The molecule has 0 aromatic carbocycles. The number of carbonyl (C=O) groups is 2. The van der Waals surface area contributed by atoms with Crippen LogP contribution < -0.4 is 5.32 Å². The first-order valence-corrected chi connectivity index (χ1v) is 4.11. The summed E-state index contributed by atoms with van der Waals surface area (Å²) < 4.78 is 0. The van der Waals surface area contributed by atoms with Crippen LogP contribution in [0.3, 0.4) is 0 Å². The lowest BCUT2D eigenvalue weighted by molar-refractivity contribution is -0.132. The Balaban J connectivity index is 2.41. The van der Waals surface area contributed by atoms with Crippen LogP contribution >= 0.6 is 0 Å². The maximum atomic E-state index is 11.3. The highest BCUT2D eigenvalue weighted by atomic mass is 16.4. The van der Waals surface area contributed by atoms with E-state index in [9.17, 15) is 9.59 Å². The van der Waals surface area contributed by atoms with E-state index in [1.54, 1.807) is 4.90 Å². The van der Waals surface area contributed by atoms with Crippen molar-refractivity contribution in [2.75, 3.05) is 26.2 Å². The second kappa shape index (κ2) is 4.61. The Bertz CT molecular complexity index is 232. The molecule has 0 spiro atoms. The molecule has 0 bridgehead atoms. The maximum Gasteiger partial charge on any atom is 0.328 e. The molecule has 1 fully saturated rings. The first-order chi connectivity index (χ1) is 6.20. The summed E-state index contributed by atoms with van der Waals surface area (Å²) in [7, 11) is 0. The molecule has 1 aliphatic rings. The molecule has 1 rings (SSSR count). The van der Waals surface area contributed by atoms with E-state index >= 15 is 0 Å². The van der Waals surface area contributed by atoms with Crippen LogP contribution in [0.4, 0.5) is 0 Å². The van der Waals surface area contributed by atoms with Crippen molar-refractivity contribution >= 4 is 11.9 Å². The fraction of sp³-hybridized carbons (Fsp3) is 0.500. The van der Waals surface area contributed by atoms with Crippen molar-refractivity contribution in [2.24, 2.45) is 0 Å². The van der Waals surface area contributed by atoms with E-state index in [4.69, 9.17) is 5.11 Å². The average molecular weight is 184 g/mol. The maximum absolute atomic E-state index is 11.3. The average Bonchev–Trinajstić information content (AvgIpc) is 2.15. The third kappa shape index (κ3) is 3.25. The van der Waals surface area contributed by atoms with Crippen LogP contribution in [0, 0.1) is 0 Å². The van der Waals surface area contributed by atoms with E-state index in [2.05, 4.69) is 5.32 Å². The number of amides is 1. The van der Waals surface area contributed by atoms with Gasteiger partial charge in [0, 0.05) is 38.3 Å². The van der Waals surface area contributed by atoms with Gasteiger partial charge in [-0.3, -0.25) is 4.79 Å². The zero-order chi connectivity index (χ0) is 9.68. The summed E-state index contributed by atoms with van der Waals surface area (Å²) in [6, 6.07) is 0. The smallest absolute Gasteiger partial charge is 0.328 e. The second-order valence-electron chi connectivity index (χ2n) is 2.75. The lowest BCUT2D eigenvalue weighted by atomic mass is 10.3. The van der Waals surface area contributed by atoms with Crippen molar-refractivity contribution in [1.82, 2.24) is 10.2 Å². The summed E-state index contributed by atoms with van der Waals surface area (Å²) in [6.07, 6.45) is 1.96. The second-order valence-corrected chi connectivity index (χ2v) is 2.75. The van der Waals surface area contributed by atoms with Crippen LogP contribution in [0.25, 0.3) is 0 Å². The van der Waals surface area contributed by atoms with Gasteiger partial charge in [-0.25, -0.2) is 4.79 Å². The van der Waals surface area contributed by atoms with Crippen molar-refractivity contribution in [2.45, 2.75) is 0 Å². The number of aliphatic carboxylic acids is 1. The topological polar surface area (TPSA) is 69.6 Å². The highest BCUT2D eigenvalue weighted by molar-refractivity contribution is 5.93. The van der Waals surface area contributed by atoms with Gasteiger partial charge in [-0.15, -0.1) is 0 Å². The number of nitrogens with zero attached hydrogens (tertiary/aromatic N) is 1. The number of nitrogens with one attached hydrogen (secondary N) is 1. The van der Waals surface area contributed by atoms with Crippen molar-refractivity contribution in [3.63, 3.8) is 0 Å². The molecule has 5 heteroatoms. The fourth-order valence-electron chi connectivity index (χ4n) is 1.13. The van der Waals surface area contributed by atoms with Gasteiger partial charge in [-0.2, -0.15) is 0 Å². The van der Waals surface area contributed by atoms with Gasteiger partial charge in [-0.05, 0) is 0 Å². The Morgan fingerprint density at radius 2 is 1.85 bits per heavy atom. The summed E-state index contributed by atoms with van der Waals surface area (Å²) >= 11 is 0. The minimum absolute atomic E-state index is 0.232. The molecule has 1 amide bonds. The molecule has 0 aromatic heterocycles. The van der Waals surface area contributed by atoms with E-state index in [-0.39, 0.29) is 5.91 Å². The Morgan fingerprint density at radius 1 is 1.23 bits per heavy atom. The normalized spacial score (nSPS) is 17.7. The first-order valence-electron chi connectivity index (χ1n) is 4.11. The first kappa shape index (κ1) is 9.73. The van der Waals surface area contributed by atoms with Gasteiger partial charge in [-0.1, -0.05) is 0 Å². The van der Waals surface area contributed by atoms with Gasteiger partial charge in [0.05, 0.1) is 0 Å². The van der Waals surface area contributed by atoms with Crippen LogP contribution in [0.2, 0.25) is 0 Å². The summed E-state index contributed by atoms with van der Waals surface area (Å²) in [5.74, 6) is -1.33. The minimum Gasteiger partial charge on any atom is -0.478 e. The number of hydrogen-bond donors (Lipinski definition) is 2. The molecule has 0 saturated carbocycles. The Kier molecular flexibility index (Phi) is 3.45. The third-order valence-corrected chi connectivity index (χ3v) is 1.80. The highest BCUT2D eigenvalue weighted by Gasteiger charge is 2.13. The molecule has 1 heterocycles. The molecule has 13 heavy (non-hydrogen) atoms. The fourth-order valence-corrected chi connectivity index (χ4v) is 1.13. The number of rotatable bonds is 2. The van der Waals surface area contributed by atoms with Crippen LogP contribution in [0.15, 0.2) is 12.2 Å². The van der Waals surface area contributed by atoms with Crippen molar-refractivity contribution in [3.8, 4) is 0 Å². The zero-order valence-electron chi connectivity index (χ0n) is 7.19. The Hall–Kier alpha value is -1.36. The van der Waals surface area contributed by atoms with Crippen LogP contribution in [-0.2, 0) is 9.59 Å². The van der Waals surface area contributed by atoms with E-state index in [1.165, 1.54) is 0 Å². The third-order valence-electron chi connectivity index (χ3n) is 1.80. The molecule has 5 nitrogen and oxygen atoms in total. The van der Waals surface area contributed by atoms with Gasteiger partial charge in [0.25, 0.3) is 0 Å². The van der Waals surface area contributed by atoms with Gasteiger partial charge < -0.3 is 15.3 Å². The van der Waals surface area contributed by atoms with E-state index in [0.717, 1.165) is 25.2 Å². The predicted octanol–water partition coefficient (Wildman–Crippen LogP) is -0.941. The number of carboxylic acid groups (broad SMARTS) is 1. The number of hydrogen-bond acceptors (Lipinski definition) is 3. The molecular formula is C8H12N2O3. The minimum atomic E-state index is -1.09. The van der Waals surface area contributed by atoms with Gasteiger partial charge >= 0.3 is 5.97 Å². The van der Waals surface area contributed by atoms with Gasteiger partial charge in [0.15, 0.2) is 0 Å². The van der Waals surface area contributed by atoms with Crippen molar-refractivity contribution in [1.29, 1.82) is 0 Å². The molecule has 72 valence electrons. The molecule has 0 unspecified atom stereocenters.